The van der Waals surface area contributed by atoms with Gasteiger partial charge in [0.25, 0.3) is 0 Å². The Kier molecular flexibility index (Phi) is 10.4. The van der Waals surface area contributed by atoms with Crippen LogP contribution in [0.5, 0.6) is 0 Å². The normalized spacial score (nSPS) is 14.2. The molecule has 0 aliphatic heterocycles. The molecule has 1 saturated carbocycles. The smallest absolute Gasteiger partial charge is 0.550 e. The molecule has 1 fully saturated rings. The number of hydrogen-bond donors (Lipinski definition) is 0. The van der Waals surface area contributed by atoms with Crippen LogP contribution in [0.15, 0.2) is 33.3 Å². The number of carbonyl (C=O) groups is 2. The van der Waals surface area contributed by atoms with Crippen LogP contribution in [-0.4, -0.2) is 22.1 Å². The van der Waals surface area contributed by atoms with Gasteiger partial charge < -0.3 is 18.9 Å². The van der Waals surface area contributed by atoms with E-state index in [9.17, 15) is 19.1 Å². The molecule has 2 heterocycles. The second-order valence-corrected chi connectivity index (χ2v) is 11.5. The number of Topliss-reactive ketones (excluding diaryl/α,β-unsaturated/α-hetero) is 1. The van der Waals surface area contributed by atoms with E-state index in [-0.39, 0.29) is 77.4 Å². The van der Waals surface area contributed by atoms with Crippen LogP contribution >= 0.6 is 11.6 Å². The second kappa shape index (κ2) is 12.9. The maximum atomic E-state index is 13.4. The molecule has 0 N–H and O–H groups in total. The topological polar surface area (TPSA) is 109 Å². The van der Waals surface area contributed by atoms with E-state index in [0.29, 0.717) is 22.7 Å². The van der Waals surface area contributed by atoms with Gasteiger partial charge in [0, 0.05) is 47.8 Å². The Morgan fingerprint density at radius 3 is 2.55 bits per heavy atom. The maximum absolute atomic E-state index is 13.4. The average molecular weight is 553 g/mol. The predicted octanol–water partition coefficient (Wildman–Crippen LogP) is 2.80. The number of benzene rings is 1. The van der Waals surface area contributed by atoms with Gasteiger partial charge in [0.15, 0.2) is 11.5 Å². The van der Waals surface area contributed by atoms with E-state index in [1.165, 1.54) is 18.2 Å². The van der Waals surface area contributed by atoms with E-state index in [1.807, 2.05) is 6.07 Å². The minimum absolute atomic E-state index is 0. The zero-order valence-electron chi connectivity index (χ0n) is 22.3. The Balaban J connectivity index is 0.00000400. The molecule has 0 unspecified atom stereocenters. The van der Waals surface area contributed by atoms with Crippen LogP contribution in [0.2, 0.25) is 5.02 Å². The number of carboxylic acids is 1. The number of nitrogens with zero attached hydrogens (tertiary/aromatic N) is 2. The summed E-state index contributed by atoms with van der Waals surface area (Å²) in [6, 6.07) is 5.77. The predicted molar refractivity (Wildman–Crippen MR) is 133 cm³/mol. The van der Waals surface area contributed by atoms with Crippen LogP contribution in [0, 0.1) is 11.2 Å². The zero-order valence-corrected chi connectivity index (χ0v) is 25.1. The first-order valence-electron chi connectivity index (χ1n) is 12.6. The van der Waals surface area contributed by atoms with Crippen molar-refractivity contribution in [3.05, 3.63) is 57.7 Å². The quantitative estimate of drug-likeness (QED) is 0.318. The fraction of sp³-hybridized carbons (Fsp3) is 0.500. The standard InChI is InChI=1S/C28H32ClFN2O5.Na/c1-28(2,3)11-10-21-15-23(31-36-21)27-25(16-4-5-16)26(32-37-27)18(7-9-24(34)35)13-20(33)12-17-6-8-19(30)14-22(17)29;/h6,8,14-16,18H,4-5,7,9-13H2,1-3H3,(H,34,35);/q;+1/p-1/t18-;/m0./s1. The van der Waals surface area contributed by atoms with E-state index in [1.54, 1.807) is 0 Å². The number of ketones is 1. The number of carboxylic acid groups (broad SMARTS) is 1. The Bertz CT molecular complexity index is 1280. The minimum atomic E-state index is -1.20. The van der Waals surface area contributed by atoms with Gasteiger partial charge in [-0.2, -0.15) is 0 Å². The Hall–Kier alpha value is -2.00. The van der Waals surface area contributed by atoms with Crippen molar-refractivity contribution in [3.8, 4) is 11.5 Å². The number of aryl methyl sites for hydroxylation is 1. The van der Waals surface area contributed by atoms with Crippen LogP contribution in [0.25, 0.3) is 11.5 Å². The van der Waals surface area contributed by atoms with Gasteiger partial charge in [-0.15, -0.1) is 0 Å². The summed E-state index contributed by atoms with van der Waals surface area (Å²) in [4.78, 5) is 24.3. The number of rotatable bonds is 12. The summed E-state index contributed by atoms with van der Waals surface area (Å²) in [5.41, 5.74) is 2.67. The summed E-state index contributed by atoms with van der Waals surface area (Å²) in [6.07, 6.45) is 3.57. The molecule has 4 rings (SSSR count). The Labute approximate surface area is 248 Å². The van der Waals surface area contributed by atoms with Gasteiger partial charge in [0.2, 0.25) is 0 Å². The first-order valence-corrected chi connectivity index (χ1v) is 13.0. The number of aromatic nitrogens is 2. The molecule has 2 aromatic heterocycles. The van der Waals surface area contributed by atoms with Crippen LogP contribution < -0.4 is 34.7 Å². The van der Waals surface area contributed by atoms with Gasteiger partial charge in [-0.3, -0.25) is 4.79 Å². The molecule has 1 aromatic carbocycles. The van der Waals surface area contributed by atoms with Crippen molar-refractivity contribution in [3.63, 3.8) is 0 Å². The fourth-order valence-corrected chi connectivity index (χ4v) is 4.68. The van der Waals surface area contributed by atoms with E-state index in [2.05, 4.69) is 31.1 Å². The minimum Gasteiger partial charge on any atom is -0.550 e. The average Bonchev–Trinajstić information content (AvgIpc) is 3.37. The Morgan fingerprint density at radius 1 is 1.18 bits per heavy atom. The zero-order chi connectivity index (χ0) is 26.7. The molecule has 38 heavy (non-hydrogen) atoms. The monoisotopic (exact) mass is 552 g/mol. The van der Waals surface area contributed by atoms with Crippen LogP contribution in [-0.2, 0) is 22.4 Å². The first kappa shape index (κ1) is 30.5. The molecular weight excluding hydrogens is 522 g/mol. The van der Waals surface area contributed by atoms with Crippen molar-refractivity contribution in [2.24, 2.45) is 5.41 Å². The number of carbonyl (C=O) groups excluding carboxylic acids is 2. The first-order chi connectivity index (χ1) is 17.5. The van der Waals surface area contributed by atoms with Crippen LogP contribution in [0.1, 0.15) is 93.7 Å². The van der Waals surface area contributed by atoms with Gasteiger partial charge in [-0.25, -0.2) is 4.39 Å². The van der Waals surface area contributed by atoms with E-state index in [4.69, 9.17) is 20.6 Å². The van der Waals surface area contributed by atoms with Crippen molar-refractivity contribution >= 4 is 23.4 Å². The van der Waals surface area contributed by atoms with E-state index in [0.717, 1.165) is 37.0 Å². The summed E-state index contributed by atoms with van der Waals surface area (Å²) in [6.45, 7) is 6.49. The molecule has 7 nitrogen and oxygen atoms in total. The van der Waals surface area contributed by atoms with Gasteiger partial charge in [-0.05, 0) is 61.1 Å². The SMILES string of the molecule is CC(C)(C)CCc1cc(-c2onc([C@@H](CCC(=O)[O-])CC(=O)Cc3ccc(F)cc3Cl)c2C2CC2)no1.[Na+]. The van der Waals surface area contributed by atoms with Crippen molar-refractivity contribution in [2.45, 2.75) is 84.0 Å². The molecule has 1 aliphatic carbocycles. The van der Waals surface area contributed by atoms with Crippen molar-refractivity contribution in [2.75, 3.05) is 0 Å². The van der Waals surface area contributed by atoms with Gasteiger partial charge >= 0.3 is 29.6 Å². The summed E-state index contributed by atoms with van der Waals surface area (Å²) in [7, 11) is 0. The summed E-state index contributed by atoms with van der Waals surface area (Å²) < 4.78 is 24.7. The molecule has 0 amide bonds. The number of hydrogen-bond acceptors (Lipinski definition) is 7. The summed E-state index contributed by atoms with van der Waals surface area (Å²) in [5, 5.41) is 20.0. The number of aliphatic carboxylic acids is 1. The summed E-state index contributed by atoms with van der Waals surface area (Å²) in [5.74, 6) is -0.848. The van der Waals surface area contributed by atoms with Gasteiger partial charge in [-0.1, -0.05) is 48.8 Å². The van der Waals surface area contributed by atoms with Crippen molar-refractivity contribution in [1.29, 1.82) is 0 Å². The molecule has 0 bridgehead atoms. The van der Waals surface area contributed by atoms with Gasteiger partial charge in [0.1, 0.15) is 17.4 Å². The molecule has 198 valence electrons. The molecule has 0 spiro atoms. The van der Waals surface area contributed by atoms with Gasteiger partial charge in [0.05, 0.1) is 5.69 Å². The molecule has 1 atom stereocenters. The molecule has 10 heteroatoms. The third kappa shape index (κ3) is 8.25. The molecule has 3 aromatic rings. The van der Waals surface area contributed by atoms with E-state index >= 15 is 0 Å². The fourth-order valence-electron chi connectivity index (χ4n) is 4.44. The third-order valence-corrected chi connectivity index (χ3v) is 6.97. The molecule has 0 radical (unpaired) electrons. The number of halogens is 2. The van der Waals surface area contributed by atoms with E-state index < -0.39 is 17.7 Å². The maximum Gasteiger partial charge on any atom is 1.00 e. The molecule has 0 saturated heterocycles. The molecule has 1 aliphatic rings. The largest absolute Gasteiger partial charge is 1.00 e. The van der Waals surface area contributed by atoms with Crippen molar-refractivity contribution in [1.82, 2.24) is 10.3 Å². The van der Waals surface area contributed by atoms with Crippen LogP contribution in [0.3, 0.4) is 0 Å². The van der Waals surface area contributed by atoms with Crippen molar-refractivity contribution < 1.29 is 57.7 Å². The van der Waals surface area contributed by atoms with Crippen LogP contribution in [0.4, 0.5) is 4.39 Å². The second-order valence-electron chi connectivity index (χ2n) is 11.1. The molecular formula is C28H31ClFN2NaO5. The summed E-state index contributed by atoms with van der Waals surface area (Å²) >= 11 is 6.10. The Morgan fingerprint density at radius 2 is 1.92 bits per heavy atom. The third-order valence-electron chi connectivity index (χ3n) is 6.61.